The molecular formula is C12H23N3O4. The fourth-order valence-corrected chi connectivity index (χ4v) is 2.11. The summed E-state index contributed by atoms with van der Waals surface area (Å²) in [6, 6.07) is 0.229. The van der Waals surface area contributed by atoms with E-state index in [1.165, 1.54) is 7.11 Å². The van der Waals surface area contributed by atoms with Gasteiger partial charge in [-0.15, -0.1) is 0 Å². The highest BCUT2D eigenvalue weighted by atomic mass is 16.5. The van der Waals surface area contributed by atoms with Crippen molar-refractivity contribution in [1.29, 1.82) is 0 Å². The summed E-state index contributed by atoms with van der Waals surface area (Å²) in [5.41, 5.74) is 0. The zero-order chi connectivity index (χ0) is 14.4. The van der Waals surface area contributed by atoms with Crippen LogP contribution in [-0.2, 0) is 9.53 Å². The Hall–Kier alpha value is -1.34. The summed E-state index contributed by atoms with van der Waals surface area (Å²) < 4.78 is 4.73. The molecule has 1 fully saturated rings. The third-order valence-electron chi connectivity index (χ3n) is 3.55. The van der Waals surface area contributed by atoms with Gasteiger partial charge in [0.15, 0.2) is 6.10 Å². The number of carbonyl (C=O) groups excluding carboxylic acids is 1. The number of nitrogens with one attached hydrogen (secondary N) is 2. The van der Waals surface area contributed by atoms with Crippen LogP contribution in [0.3, 0.4) is 0 Å². The average Bonchev–Trinajstić information content (AvgIpc) is 2.34. The molecule has 1 rings (SSSR count). The number of methoxy groups -OCH3 is 1. The minimum absolute atomic E-state index is 0.0418. The van der Waals surface area contributed by atoms with E-state index in [9.17, 15) is 9.59 Å². The monoisotopic (exact) mass is 273 g/mol. The lowest BCUT2D eigenvalue weighted by atomic mass is 9.99. The number of amides is 2. The molecule has 1 saturated heterocycles. The Morgan fingerprint density at radius 2 is 2.21 bits per heavy atom. The molecule has 3 N–H and O–H groups in total. The first-order valence-electron chi connectivity index (χ1n) is 6.44. The fourth-order valence-electron chi connectivity index (χ4n) is 2.11. The van der Waals surface area contributed by atoms with Crippen molar-refractivity contribution in [3.63, 3.8) is 0 Å². The van der Waals surface area contributed by atoms with Crippen molar-refractivity contribution in [2.75, 3.05) is 27.2 Å². The van der Waals surface area contributed by atoms with Gasteiger partial charge >= 0.3 is 12.0 Å². The van der Waals surface area contributed by atoms with Crippen LogP contribution in [-0.4, -0.2) is 67.4 Å². The number of piperidine rings is 1. The Morgan fingerprint density at radius 1 is 1.53 bits per heavy atom. The van der Waals surface area contributed by atoms with Crippen LogP contribution < -0.4 is 10.6 Å². The summed E-state index contributed by atoms with van der Waals surface area (Å²) in [5, 5.41) is 14.2. The largest absolute Gasteiger partial charge is 0.479 e. The fraction of sp³-hybridized carbons (Fsp3) is 0.833. The first-order valence-corrected chi connectivity index (χ1v) is 6.44. The summed E-state index contributed by atoms with van der Waals surface area (Å²) >= 11 is 0. The van der Waals surface area contributed by atoms with Gasteiger partial charge in [0.2, 0.25) is 0 Å². The standard InChI is InChI=1S/C12H23N3O4/c1-8-6-9(4-5-15(8)2)14-12(18)13-7-10(19-3)11(16)17/h8-10H,4-7H2,1-3H3,(H,16,17)(H2,13,14,18). The van der Waals surface area contributed by atoms with Crippen molar-refractivity contribution in [2.24, 2.45) is 0 Å². The van der Waals surface area contributed by atoms with Crippen molar-refractivity contribution < 1.29 is 19.4 Å². The van der Waals surface area contributed by atoms with Crippen molar-refractivity contribution in [3.05, 3.63) is 0 Å². The molecule has 0 saturated carbocycles. The molecule has 0 aliphatic carbocycles. The third kappa shape index (κ3) is 5.04. The molecule has 1 heterocycles. The molecule has 3 unspecified atom stereocenters. The van der Waals surface area contributed by atoms with Crippen LogP contribution in [0.15, 0.2) is 0 Å². The number of carboxylic acid groups (broad SMARTS) is 1. The number of aliphatic carboxylic acids is 1. The summed E-state index contributed by atoms with van der Waals surface area (Å²) in [5.74, 6) is -1.09. The molecule has 0 radical (unpaired) electrons. The lowest BCUT2D eigenvalue weighted by molar-refractivity contribution is -0.147. The maximum Gasteiger partial charge on any atom is 0.334 e. The maximum atomic E-state index is 11.7. The van der Waals surface area contributed by atoms with Crippen molar-refractivity contribution >= 4 is 12.0 Å². The van der Waals surface area contributed by atoms with Crippen LogP contribution in [0.25, 0.3) is 0 Å². The first-order chi connectivity index (χ1) is 8.93. The minimum atomic E-state index is -1.09. The van der Waals surface area contributed by atoms with Crippen LogP contribution in [0.1, 0.15) is 19.8 Å². The predicted molar refractivity (Wildman–Crippen MR) is 70.1 cm³/mol. The SMILES string of the molecule is COC(CNC(=O)NC1CCN(C)C(C)C1)C(=O)O. The third-order valence-corrected chi connectivity index (χ3v) is 3.55. The number of hydrogen-bond acceptors (Lipinski definition) is 4. The number of nitrogens with zero attached hydrogens (tertiary/aromatic N) is 1. The number of rotatable bonds is 5. The van der Waals surface area contributed by atoms with Crippen molar-refractivity contribution in [3.8, 4) is 0 Å². The molecule has 1 aliphatic heterocycles. The van der Waals surface area contributed by atoms with Crippen molar-refractivity contribution in [2.45, 2.75) is 38.0 Å². The first kappa shape index (κ1) is 15.7. The Kier molecular flexibility index (Phi) is 6.04. The summed E-state index contributed by atoms with van der Waals surface area (Å²) in [4.78, 5) is 24.6. The van der Waals surface area contributed by atoms with Crippen LogP contribution in [0.2, 0.25) is 0 Å². The predicted octanol–water partition coefficient (Wildman–Crippen LogP) is -0.132. The molecule has 2 amide bonds. The van der Waals surface area contributed by atoms with E-state index in [1.807, 2.05) is 0 Å². The van der Waals surface area contributed by atoms with Gasteiger partial charge in [0.05, 0.1) is 6.54 Å². The van der Waals surface area contributed by atoms with E-state index in [2.05, 4.69) is 29.5 Å². The van der Waals surface area contributed by atoms with E-state index in [4.69, 9.17) is 9.84 Å². The smallest absolute Gasteiger partial charge is 0.334 e. The van der Waals surface area contributed by atoms with E-state index >= 15 is 0 Å². The summed E-state index contributed by atoms with van der Waals surface area (Å²) in [6.07, 6.45) is 0.791. The molecular weight excluding hydrogens is 250 g/mol. The zero-order valence-corrected chi connectivity index (χ0v) is 11.7. The van der Waals surface area contributed by atoms with E-state index < -0.39 is 12.1 Å². The second kappa shape index (κ2) is 7.30. The van der Waals surface area contributed by atoms with Gasteiger partial charge in [-0.1, -0.05) is 0 Å². The van der Waals surface area contributed by atoms with Gasteiger partial charge in [-0.05, 0) is 26.8 Å². The van der Waals surface area contributed by atoms with E-state index in [-0.39, 0.29) is 18.6 Å². The summed E-state index contributed by atoms with van der Waals surface area (Å²) in [6.45, 7) is 3.03. The molecule has 7 nitrogen and oxygen atoms in total. The molecule has 19 heavy (non-hydrogen) atoms. The van der Waals surface area contributed by atoms with E-state index in [0.29, 0.717) is 6.04 Å². The second-order valence-corrected chi connectivity index (χ2v) is 4.97. The van der Waals surface area contributed by atoms with Gasteiger partial charge < -0.3 is 25.4 Å². The highest BCUT2D eigenvalue weighted by Gasteiger charge is 2.24. The van der Waals surface area contributed by atoms with Crippen LogP contribution >= 0.6 is 0 Å². The molecule has 0 bridgehead atoms. The quantitative estimate of drug-likeness (QED) is 0.649. The molecule has 0 aromatic rings. The summed E-state index contributed by atoms with van der Waals surface area (Å²) in [7, 11) is 3.37. The van der Waals surface area contributed by atoms with Gasteiger partial charge in [0.1, 0.15) is 0 Å². The number of carboxylic acids is 1. The molecule has 0 aromatic heterocycles. The van der Waals surface area contributed by atoms with Gasteiger partial charge in [-0.3, -0.25) is 0 Å². The normalized spacial score (nSPS) is 25.6. The van der Waals surface area contributed by atoms with Crippen LogP contribution in [0.5, 0.6) is 0 Å². The van der Waals surface area contributed by atoms with Gasteiger partial charge in [-0.2, -0.15) is 0 Å². The Balaban J connectivity index is 2.29. The molecule has 0 spiro atoms. The zero-order valence-electron chi connectivity index (χ0n) is 11.7. The Morgan fingerprint density at radius 3 is 2.74 bits per heavy atom. The lowest BCUT2D eigenvalue weighted by Crippen LogP contribution is -2.51. The van der Waals surface area contributed by atoms with Crippen LogP contribution in [0, 0.1) is 0 Å². The van der Waals surface area contributed by atoms with E-state index in [1.54, 1.807) is 0 Å². The highest BCUT2D eigenvalue weighted by molar-refractivity contribution is 5.77. The van der Waals surface area contributed by atoms with E-state index in [0.717, 1.165) is 19.4 Å². The maximum absolute atomic E-state index is 11.7. The van der Waals surface area contributed by atoms with Crippen molar-refractivity contribution in [1.82, 2.24) is 15.5 Å². The van der Waals surface area contributed by atoms with Gasteiger partial charge in [0.25, 0.3) is 0 Å². The second-order valence-electron chi connectivity index (χ2n) is 4.97. The molecule has 7 heteroatoms. The number of carbonyl (C=O) groups is 2. The van der Waals surface area contributed by atoms with Gasteiger partial charge in [-0.25, -0.2) is 9.59 Å². The number of hydrogen-bond donors (Lipinski definition) is 3. The minimum Gasteiger partial charge on any atom is -0.479 e. The number of likely N-dealkylation sites (tertiary alicyclic amines) is 1. The Bertz CT molecular complexity index is 324. The molecule has 1 aliphatic rings. The molecule has 110 valence electrons. The van der Waals surface area contributed by atoms with Crippen LogP contribution in [0.4, 0.5) is 4.79 Å². The number of urea groups is 1. The Labute approximate surface area is 113 Å². The van der Waals surface area contributed by atoms with Gasteiger partial charge in [0, 0.05) is 25.7 Å². The molecule has 3 atom stereocenters. The topological polar surface area (TPSA) is 90.9 Å². The highest BCUT2D eigenvalue weighted by Crippen LogP contribution is 2.14. The molecule has 0 aromatic carbocycles. The lowest BCUT2D eigenvalue weighted by Gasteiger charge is -2.35. The average molecular weight is 273 g/mol. The number of ether oxygens (including phenoxy) is 1.